The molecule has 1 fully saturated rings. The van der Waals surface area contributed by atoms with Crippen molar-refractivity contribution in [3.05, 3.63) is 52.5 Å². The SMILES string of the molecule is NCC1Oc2c(Cl)cc(-c3ccc(C(=O)N4CCOCC4)cc3)cc2C1(O)O. The molecular weight excluding hydrogens is 384 g/mol. The smallest absolute Gasteiger partial charge is 0.254 e. The second-order valence-corrected chi connectivity index (χ2v) is 7.29. The minimum Gasteiger partial charge on any atom is -0.481 e. The van der Waals surface area contributed by atoms with Crippen molar-refractivity contribution in [1.82, 2.24) is 4.90 Å². The van der Waals surface area contributed by atoms with Crippen molar-refractivity contribution in [2.45, 2.75) is 11.9 Å². The van der Waals surface area contributed by atoms with E-state index in [2.05, 4.69) is 0 Å². The van der Waals surface area contributed by atoms with Gasteiger partial charge in [-0.3, -0.25) is 4.79 Å². The maximum atomic E-state index is 12.6. The number of nitrogens with zero attached hydrogens (tertiary/aromatic N) is 1. The molecule has 2 heterocycles. The van der Waals surface area contributed by atoms with Gasteiger partial charge in [0.15, 0.2) is 6.10 Å². The fourth-order valence-corrected chi connectivity index (χ4v) is 3.78. The molecule has 28 heavy (non-hydrogen) atoms. The summed E-state index contributed by atoms with van der Waals surface area (Å²) in [6.07, 6.45) is -0.983. The summed E-state index contributed by atoms with van der Waals surface area (Å²) < 4.78 is 10.8. The van der Waals surface area contributed by atoms with E-state index in [1.54, 1.807) is 41.3 Å². The molecule has 0 aromatic heterocycles. The lowest BCUT2D eigenvalue weighted by molar-refractivity contribution is -0.205. The van der Waals surface area contributed by atoms with Gasteiger partial charge in [0.25, 0.3) is 5.91 Å². The number of amides is 1. The second kappa shape index (κ2) is 7.35. The van der Waals surface area contributed by atoms with Gasteiger partial charge in [0.1, 0.15) is 5.75 Å². The molecule has 0 bridgehead atoms. The molecule has 0 aliphatic carbocycles. The summed E-state index contributed by atoms with van der Waals surface area (Å²) >= 11 is 6.30. The van der Waals surface area contributed by atoms with E-state index in [0.717, 1.165) is 5.56 Å². The third-order valence-electron chi connectivity index (χ3n) is 5.13. The van der Waals surface area contributed by atoms with E-state index in [-0.39, 0.29) is 28.8 Å². The fourth-order valence-electron chi connectivity index (χ4n) is 3.52. The highest BCUT2D eigenvalue weighted by molar-refractivity contribution is 6.32. The zero-order chi connectivity index (χ0) is 19.9. The highest BCUT2D eigenvalue weighted by Crippen LogP contribution is 2.46. The number of hydrogen-bond donors (Lipinski definition) is 3. The van der Waals surface area contributed by atoms with Gasteiger partial charge in [0.2, 0.25) is 5.79 Å². The molecule has 2 aliphatic rings. The fraction of sp³-hybridized carbons (Fsp3) is 0.350. The van der Waals surface area contributed by atoms with Crippen LogP contribution in [0.2, 0.25) is 5.02 Å². The first-order valence-electron chi connectivity index (χ1n) is 9.04. The summed E-state index contributed by atoms with van der Waals surface area (Å²) in [5, 5.41) is 21.1. The predicted molar refractivity (Wildman–Crippen MR) is 103 cm³/mol. The van der Waals surface area contributed by atoms with Crippen LogP contribution in [0.5, 0.6) is 5.75 Å². The molecule has 2 aromatic carbocycles. The van der Waals surface area contributed by atoms with Crippen LogP contribution in [-0.2, 0) is 10.5 Å². The molecule has 1 saturated heterocycles. The largest absolute Gasteiger partial charge is 0.481 e. The minimum atomic E-state index is -2.21. The molecule has 2 aliphatic heterocycles. The molecule has 4 N–H and O–H groups in total. The first-order chi connectivity index (χ1) is 13.4. The van der Waals surface area contributed by atoms with Gasteiger partial charge in [-0.25, -0.2) is 0 Å². The van der Waals surface area contributed by atoms with Gasteiger partial charge < -0.3 is 30.3 Å². The third-order valence-corrected chi connectivity index (χ3v) is 5.41. The Balaban J connectivity index is 1.62. The van der Waals surface area contributed by atoms with Crippen LogP contribution >= 0.6 is 11.6 Å². The number of benzene rings is 2. The first-order valence-corrected chi connectivity index (χ1v) is 9.42. The number of halogens is 1. The van der Waals surface area contributed by atoms with Crippen molar-refractivity contribution in [2.75, 3.05) is 32.8 Å². The van der Waals surface area contributed by atoms with E-state index in [0.29, 0.717) is 37.4 Å². The first kappa shape index (κ1) is 19.2. The maximum Gasteiger partial charge on any atom is 0.254 e. The molecule has 0 radical (unpaired) electrons. The standard InChI is InChI=1S/C20H21ClN2O5/c21-16-10-14(9-15-18(16)28-17(11-22)20(15,25)26)12-1-3-13(4-2-12)19(24)23-5-7-27-8-6-23/h1-4,9-10,17,25-26H,5-8,11,22H2. The lowest BCUT2D eigenvalue weighted by Gasteiger charge is -2.26. The van der Waals surface area contributed by atoms with E-state index in [1.165, 1.54) is 0 Å². The number of rotatable bonds is 3. The number of hydrogen-bond acceptors (Lipinski definition) is 6. The number of nitrogens with two attached hydrogens (primary N) is 1. The zero-order valence-electron chi connectivity index (χ0n) is 15.1. The molecular formula is C20H21ClN2O5. The molecule has 0 saturated carbocycles. The molecule has 8 heteroatoms. The Hall–Kier alpha value is -2.16. The number of aliphatic hydroxyl groups is 2. The van der Waals surface area contributed by atoms with Gasteiger partial charge >= 0.3 is 0 Å². The number of carbonyl (C=O) groups is 1. The average molecular weight is 405 g/mol. The third kappa shape index (κ3) is 3.25. The highest BCUT2D eigenvalue weighted by Gasteiger charge is 2.47. The Morgan fingerprint density at radius 1 is 1.18 bits per heavy atom. The Kier molecular flexibility index (Phi) is 5.03. The number of ether oxygens (including phenoxy) is 2. The molecule has 4 rings (SSSR count). The monoisotopic (exact) mass is 404 g/mol. The Bertz CT molecular complexity index is 894. The lowest BCUT2D eigenvalue weighted by atomic mass is 9.96. The number of fused-ring (bicyclic) bond motifs is 1. The maximum absolute atomic E-state index is 12.6. The molecule has 7 nitrogen and oxygen atoms in total. The normalized spacial score (nSPS) is 20.6. The topological polar surface area (TPSA) is 105 Å². The zero-order valence-corrected chi connectivity index (χ0v) is 15.9. The summed E-state index contributed by atoms with van der Waals surface area (Å²) in [5.41, 5.74) is 7.80. The molecule has 1 unspecified atom stereocenters. The van der Waals surface area contributed by atoms with Crippen molar-refractivity contribution in [2.24, 2.45) is 5.73 Å². The van der Waals surface area contributed by atoms with Crippen LogP contribution in [0.1, 0.15) is 15.9 Å². The Morgan fingerprint density at radius 2 is 1.86 bits per heavy atom. The van der Waals surface area contributed by atoms with Crippen LogP contribution in [0.4, 0.5) is 0 Å². The van der Waals surface area contributed by atoms with Crippen molar-refractivity contribution >= 4 is 17.5 Å². The second-order valence-electron chi connectivity index (χ2n) is 6.89. The van der Waals surface area contributed by atoms with Gasteiger partial charge in [0, 0.05) is 25.2 Å². The quantitative estimate of drug-likeness (QED) is 0.667. The molecule has 2 aromatic rings. The summed E-state index contributed by atoms with van der Waals surface area (Å²) in [4.78, 5) is 14.3. The van der Waals surface area contributed by atoms with Crippen molar-refractivity contribution in [3.8, 4) is 16.9 Å². The van der Waals surface area contributed by atoms with Crippen LogP contribution < -0.4 is 10.5 Å². The van der Waals surface area contributed by atoms with E-state index in [4.69, 9.17) is 26.8 Å². The Labute approximate surface area is 167 Å². The van der Waals surface area contributed by atoms with Crippen LogP contribution in [0.25, 0.3) is 11.1 Å². The van der Waals surface area contributed by atoms with E-state index in [1.807, 2.05) is 0 Å². The number of morpholine rings is 1. The minimum absolute atomic E-state index is 0.0363. The van der Waals surface area contributed by atoms with Crippen molar-refractivity contribution in [1.29, 1.82) is 0 Å². The van der Waals surface area contributed by atoms with Gasteiger partial charge in [-0.05, 0) is 35.4 Å². The van der Waals surface area contributed by atoms with Crippen LogP contribution in [0.3, 0.4) is 0 Å². The van der Waals surface area contributed by atoms with Crippen LogP contribution in [0, 0.1) is 0 Å². The predicted octanol–water partition coefficient (Wildman–Crippen LogP) is 1.34. The van der Waals surface area contributed by atoms with E-state index in [9.17, 15) is 15.0 Å². The molecule has 1 amide bonds. The van der Waals surface area contributed by atoms with Gasteiger partial charge in [-0.2, -0.15) is 0 Å². The van der Waals surface area contributed by atoms with Crippen molar-refractivity contribution in [3.63, 3.8) is 0 Å². The summed E-state index contributed by atoms with van der Waals surface area (Å²) in [7, 11) is 0. The van der Waals surface area contributed by atoms with Gasteiger partial charge in [0.05, 0.1) is 23.8 Å². The Morgan fingerprint density at radius 3 is 2.50 bits per heavy atom. The molecule has 0 spiro atoms. The summed E-state index contributed by atoms with van der Waals surface area (Å²) in [5.74, 6) is -2.02. The highest BCUT2D eigenvalue weighted by atomic mass is 35.5. The van der Waals surface area contributed by atoms with Gasteiger partial charge in [-0.1, -0.05) is 23.7 Å². The average Bonchev–Trinajstić information content (AvgIpc) is 2.99. The summed E-state index contributed by atoms with van der Waals surface area (Å²) in [6, 6.07) is 10.4. The number of carbonyl (C=O) groups excluding carboxylic acids is 1. The van der Waals surface area contributed by atoms with Gasteiger partial charge in [-0.15, -0.1) is 0 Å². The molecule has 1 atom stereocenters. The van der Waals surface area contributed by atoms with E-state index < -0.39 is 11.9 Å². The van der Waals surface area contributed by atoms with Crippen LogP contribution in [-0.4, -0.2) is 60.0 Å². The molecule has 148 valence electrons. The van der Waals surface area contributed by atoms with Crippen LogP contribution in [0.15, 0.2) is 36.4 Å². The summed E-state index contributed by atoms with van der Waals surface area (Å²) in [6.45, 7) is 2.20. The lowest BCUT2D eigenvalue weighted by Crippen LogP contribution is -2.42. The van der Waals surface area contributed by atoms with E-state index >= 15 is 0 Å². The van der Waals surface area contributed by atoms with Crippen molar-refractivity contribution < 1.29 is 24.5 Å².